The number of carbonyl (C=O) groups excluding carboxylic acids is 1. The molecule has 0 aliphatic rings. The number of hydrogen-bond donors (Lipinski definition) is 0. The summed E-state index contributed by atoms with van der Waals surface area (Å²) in [6.07, 6.45) is 5.22. The molecule has 0 radical (unpaired) electrons. The van der Waals surface area contributed by atoms with Gasteiger partial charge >= 0.3 is 0 Å². The van der Waals surface area contributed by atoms with Crippen molar-refractivity contribution >= 4 is 29.3 Å². The van der Waals surface area contributed by atoms with Crippen molar-refractivity contribution in [3.8, 4) is 0 Å². The predicted octanol–water partition coefficient (Wildman–Crippen LogP) is 2.69. The minimum atomic E-state index is -0.260. The van der Waals surface area contributed by atoms with E-state index >= 15 is 0 Å². The molecule has 0 amide bonds. The van der Waals surface area contributed by atoms with E-state index in [0.29, 0.717) is 6.54 Å². The number of rotatable bonds is 6. The maximum Gasteiger partial charge on any atom is 0.234 e. The Bertz CT molecular complexity index is 132. The first-order chi connectivity index (χ1) is 5.27. The molecule has 0 aromatic carbocycles. The van der Waals surface area contributed by atoms with Crippen LogP contribution >= 0.6 is 23.2 Å². The number of hydrogen-bond acceptors (Lipinski definition) is 2. The van der Waals surface area contributed by atoms with E-state index in [4.69, 9.17) is 23.2 Å². The zero-order valence-electron chi connectivity index (χ0n) is 6.22. The average Bonchev–Trinajstić information content (AvgIpc) is 1.96. The summed E-state index contributed by atoms with van der Waals surface area (Å²) in [7, 11) is 0. The Morgan fingerprint density at radius 3 is 2.55 bits per heavy atom. The van der Waals surface area contributed by atoms with Crippen LogP contribution in [0.1, 0.15) is 25.7 Å². The van der Waals surface area contributed by atoms with E-state index in [9.17, 15) is 4.79 Å². The normalized spacial score (nSPS) is 9.73. The zero-order valence-corrected chi connectivity index (χ0v) is 7.74. The molecule has 0 unspecified atom stereocenters. The van der Waals surface area contributed by atoms with Crippen LogP contribution in [0, 0.1) is 0 Å². The predicted molar refractivity (Wildman–Crippen MR) is 47.0 cm³/mol. The van der Waals surface area contributed by atoms with Crippen molar-refractivity contribution in [3.63, 3.8) is 0 Å². The summed E-state index contributed by atoms with van der Waals surface area (Å²) < 4.78 is 0. The first-order valence-electron chi connectivity index (χ1n) is 3.59. The smallest absolute Gasteiger partial charge is 0.211 e. The SMILES string of the molecule is O=C=NCCCCCC(Cl)Cl. The number of aliphatic imine (C=N–C) groups is 1. The number of alkyl halides is 2. The summed E-state index contributed by atoms with van der Waals surface area (Å²) in [6.45, 7) is 0.568. The van der Waals surface area contributed by atoms with Crippen LogP contribution in [-0.4, -0.2) is 17.5 Å². The van der Waals surface area contributed by atoms with Crippen LogP contribution in [0.2, 0.25) is 0 Å². The molecule has 2 nitrogen and oxygen atoms in total. The molecule has 0 atom stereocenters. The Labute approximate surface area is 76.6 Å². The van der Waals surface area contributed by atoms with Crippen LogP contribution in [0.25, 0.3) is 0 Å². The minimum Gasteiger partial charge on any atom is -0.211 e. The first-order valence-corrected chi connectivity index (χ1v) is 4.46. The standard InChI is InChI=1S/C7H11Cl2NO/c8-7(9)4-2-1-3-5-10-6-11/h7H,1-5H2. The summed E-state index contributed by atoms with van der Waals surface area (Å²) in [6, 6.07) is 0. The van der Waals surface area contributed by atoms with Gasteiger partial charge in [-0.1, -0.05) is 12.8 Å². The molecule has 0 aliphatic carbocycles. The Morgan fingerprint density at radius 1 is 1.27 bits per heavy atom. The fourth-order valence-corrected chi connectivity index (χ4v) is 1.02. The fourth-order valence-electron chi connectivity index (χ4n) is 0.712. The van der Waals surface area contributed by atoms with E-state index in [2.05, 4.69) is 4.99 Å². The molecule has 64 valence electrons. The Hall–Kier alpha value is -0.0400. The van der Waals surface area contributed by atoms with E-state index in [1.165, 1.54) is 6.08 Å². The van der Waals surface area contributed by atoms with Gasteiger partial charge in [-0.25, -0.2) is 9.79 Å². The third-order valence-electron chi connectivity index (χ3n) is 1.26. The van der Waals surface area contributed by atoms with Gasteiger partial charge in [0.2, 0.25) is 6.08 Å². The van der Waals surface area contributed by atoms with Crippen LogP contribution in [0.3, 0.4) is 0 Å². The fraction of sp³-hybridized carbons (Fsp3) is 0.857. The van der Waals surface area contributed by atoms with Gasteiger partial charge in [0.25, 0.3) is 0 Å². The van der Waals surface area contributed by atoms with Gasteiger partial charge in [0.1, 0.15) is 4.84 Å². The number of halogens is 2. The molecular formula is C7H11Cl2NO. The lowest BCUT2D eigenvalue weighted by atomic mass is 10.2. The Morgan fingerprint density at radius 2 is 2.00 bits per heavy atom. The van der Waals surface area contributed by atoms with E-state index < -0.39 is 0 Å². The van der Waals surface area contributed by atoms with Crippen LogP contribution in [0.15, 0.2) is 4.99 Å². The maximum atomic E-state index is 9.61. The van der Waals surface area contributed by atoms with Crippen molar-refractivity contribution in [1.29, 1.82) is 0 Å². The molecule has 0 heterocycles. The second-order valence-corrected chi connectivity index (χ2v) is 3.49. The van der Waals surface area contributed by atoms with E-state index in [0.717, 1.165) is 25.7 Å². The van der Waals surface area contributed by atoms with Crippen LogP contribution < -0.4 is 0 Å². The second kappa shape index (κ2) is 8.06. The van der Waals surface area contributed by atoms with E-state index in [1.807, 2.05) is 0 Å². The maximum absolute atomic E-state index is 9.61. The molecule has 0 saturated carbocycles. The summed E-state index contributed by atoms with van der Waals surface area (Å²) in [4.78, 5) is 12.8. The molecule has 0 saturated heterocycles. The molecule has 0 rings (SSSR count). The number of unbranched alkanes of at least 4 members (excludes halogenated alkanes) is 2. The number of isocyanates is 1. The van der Waals surface area contributed by atoms with Gasteiger partial charge < -0.3 is 0 Å². The Balaban J connectivity index is 2.96. The van der Waals surface area contributed by atoms with Crippen LogP contribution in [0.5, 0.6) is 0 Å². The monoisotopic (exact) mass is 195 g/mol. The first kappa shape index (κ1) is 11.0. The van der Waals surface area contributed by atoms with Gasteiger partial charge in [0.15, 0.2) is 0 Å². The highest BCUT2D eigenvalue weighted by molar-refractivity contribution is 6.44. The summed E-state index contributed by atoms with van der Waals surface area (Å²) in [5.74, 6) is 0. The van der Waals surface area contributed by atoms with Crippen molar-refractivity contribution < 1.29 is 4.79 Å². The molecule has 11 heavy (non-hydrogen) atoms. The van der Waals surface area contributed by atoms with Crippen LogP contribution in [0.4, 0.5) is 0 Å². The van der Waals surface area contributed by atoms with Gasteiger partial charge in [-0.3, -0.25) is 0 Å². The summed E-state index contributed by atoms with van der Waals surface area (Å²) in [5.41, 5.74) is 0. The lowest BCUT2D eigenvalue weighted by Crippen LogP contribution is -1.87. The minimum absolute atomic E-state index is 0.260. The highest BCUT2D eigenvalue weighted by atomic mass is 35.5. The van der Waals surface area contributed by atoms with Crippen molar-refractivity contribution in [3.05, 3.63) is 0 Å². The molecule has 0 fully saturated rings. The molecule has 0 bridgehead atoms. The van der Waals surface area contributed by atoms with Crippen LogP contribution in [-0.2, 0) is 4.79 Å². The Kier molecular flexibility index (Phi) is 8.03. The van der Waals surface area contributed by atoms with Crippen molar-refractivity contribution in [1.82, 2.24) is 0 Å². The highest BCUT2D eigenvalue weighted by Gasteiger charge is 1.96. The molecule has 0 spiro atoms. The van der Waals surface area contributed by atoms with Crippen molar-refractivity contribution in [2.75, 3.05) is 6.54 Å². The second-order valence-electron chi connectivity index (χ2n) is 2.21. The van der Waals surface area contributed by atoms with Gasteiger partial charge in [-0.15, -0.1) is 23.2 Å². The molecule has 0 aliphatic heterocycles. The third kappa shape index (κ3) is 9.96. The van der Waals surface area contributed by atoms with Crippen molar-refractivity contribution in [2.24, 2.45) is 4.99 Å². The lowest BCUT2D eigenvalue weighted by Gasteiger charge is -1.98. The molecule has 0 aromatic heterocycles. The summed E-state index contributed by atoms with van der Waals surface area (Å²) in [5, 5.41) is 0. The van der Waals surface area contributed by atoms with E-state index in [-0.39, 0.29) is 4.84 Å². The molecular weight excluding hydrogens is 185 g/mol. The quantitative estimate of drug-likeness (QED) is 0.278. The molecule has 0 aromatic rings. The molecule has 0 N–H and O–H groups in total. The molecule has 4 heteroatoms. The highest BCUT2D eigenvalue weighted by Crippen LogP contribution is 2.11. The topological polar surface area (TPSA) is 29.4 Å². The van der Waals surface area contributed by atoms with Crippen molar-refractivity contribution in [2.45, 2.75) is 30.5 Å². The lowest BCUT2D eigenvalue weighted by molar-refractivity contribution is 0.561. The summed E-state index contributed by atoms with van der Waals surface area (Å²) >= 11 is 11.0. The third-order valence-corrected chi connectivity index (χ3v) is 1.69. The number of nitrogens with zero attached hydrogens (tertiary/aromatic N) is 1. The van der Waals surface area contributed by atoms with Gasteiger partial charge in [0.05, 0.1) is 6.54 Å². The largest absolute Gasteiger partial charge is 0.234 e. The average molecular weight is 196 g/mol. The van der Waals surface area contributed by atoms with Gasteiger partial charge in [-0.2, -0.15) is 0 Å². The zero-order chi connectivity index (χ0) is 8.53. The van der Waals surface area contributed by atoms with E-state index in [1.54, 1.807) is 0 Å². The van der Waals surface area contributed by atoms with Gasteiger partial charge in [0, 0.05) is 0 Å². The van der Waals surface area contributed by atoms with Gasteiger partial charge in [-0.05, 0) is 12.8 Å².